The van der Waals surface area contributed by atoms with E-state index in [1.807, 2.05) is 44.2 Å². The summed E-state index contributed by atoms with van der Waals surface area (Å²) < 4.78 is 5.27. The van der Waals surface area contributed by atoms with Crippen LogP contribution in [0.3, 0.4) is 0 Å². The predicted molar refractivity (Wildman–Crippen MR) is 67.8 cm³/mol. The number of allylic oxidation sites excluding steroid dienone is 1. The van der Waals surface area contributed by atoms with E-state index in [9.17, 15) is 4.79 Å². The molecule has 17 heavy (non-hydrogen) atoms. The third-order valence-corrected chi connectivity index (χ3v) is 2.38. The number of rotatable bonds is 6. The first-order chi connectivity index (χ1) is 8.15. The number of carbonyl (C=O) groups is 1. The van der Waals surface area contributed by atoms with Gasteiger partial charge >= 0.3 is 5.97 Å². The molecular formula is C14H18O3. The van der Waals surface area contributed by atoms with Crippen molar-refractivity contribution in [3.8, 4) is 0 Å². The lowest BCUT2D eigenvalue weighted by atomic mass is 10.1. The van der Waals surface area contributed by atoms with Crippen LogP contribution in [0.5, 0.6) is 0 Å². The van der Waals surface area contributed by atoms with E-state index >= 15 is 0 Å². The molecule has 0 saturated heterocycles. The van der Waals surface area contributed by atoms with Crippen LogP contribution in [-0.4, -0.2) is 23.8 Å². The Kier molecular flexibility index (Phi) is 5.43. The summed E-state index contributed by atoms with van der Waals surface area (Å²) >= 11 is 0. The van der Waals surface area contributed by atoms with Gasteiger partial charge in [-0.1, -0.05) is 37.3 Å². The average Bonchev–Trinajstić information content (AvgIpc) is 2.35. The van der Waals surface area contributed by atoms with Crippen molar-refractivity contribution in [2.45, 2.75) is 26.4 Å². The molecule has 0 aliphatic rings. The molecule has 1 N–H and O–H groups in total. The van der Waals surface area contributed by atoms with E-state index in [1.165, 1.54) is 0 Å². The average molecular weight is 234 g/mol. The molecule has 92 valence electrons. The first kappa shape index (κ1) is 13.5. The van der Waals surface area contributed by atoms with Crippen molar-refractivity contribution in [3.63, 3.8) is 0 Å². The minimum absolute atomic E-state index is 0.454. The molecule has 0 amide bonds. The molecule has 0 spiro atoms. The first-order valence-corrected chi connectivity index (χ1v) is 5.73. The van der Waals surface area contributed by atoms with E-state index < -0.39 is 12.1 Å². The zero-order valence-electron chi connectivity index (χ0n) is 10.2. The van der Waals surface area contributed by atoms with Crippen LogP contribution in [0.2, 0.25) is 0 Å². The second kappa shape index (κ2) is 6.86. The quantitative estimate of drug-likeness (QED) is 0.823. The Morgan fingerprint density at radius 1 is 1.41 bits per heavy atom. The van der Waals surface area contributed by atoms with Gasteiger partial charge in [0.25, 0.3) is 0 Å². The van der Waals surface area contributed by atoms with E-state index in [1.54, 1.807) is 6.08 Å². The second-order valence-electron chi connectivity index (χ2n) is 3.85. The maximum Gasteiger partial charge on any atom is 0.336 e. The van der Waals surface area contributed by atoms with Crippen LogP contribution in [0.4, 0.5) is 0 Å². The van der Waals surface area contributed by atoms with Gasteiger partial charge in [-0.25, -0.2) is 4.79 Å². The molecule has 1 aromatic rings. The molecule has 1 aromatic carbocycles. The van der Waals surface area contributed by atoms with Crippen LogP contribution >= 0.6 is 0 Å². The molecule has 3 nitrogen and oxygen atoms in total. The summed E-state index contributed by atoms with van der Waals surface area (Å²) in [7, 11) is 0. The van der Waals surface area contributed by atoms with Gasteiger partial charge in [0, 0.05) is 6.61 Å². The minimum Gasteiger partial charge on any atom is -0.479 e. The van der Waals surface area contributed by atoms with E-state index in [-0.39, 0.29) is 0 Å². The summed E-state index contributed by atoms with van der Waals surface area (Å²) in [5, 5.41) is 9.03. The second-order valence-corrected chi connectivity index (χ2v) is 3.85. The van der Waals surface area contributed by atoms with Gasteiger partial charge < -0.3 is 9.84 Å². The highest BCUT2D eigenvalue weighted by atomic mass is 16.5. The van der Waals surface area contributed by atoms with Gasteiger partial charge in [0.1, 0.15) is 0 Å². The minimum atomic E-state index is -0.950. The van der Waals surface area contributed by atoms with Gasteiger partial charge in [0.15, 0.2) is 6.10 Å². The molecular weight excluding hydrogens is 216 g/mol. The lowest BCUT2D eigenvalue weighted by Crippen LogP contribution is -2.22. The molecule has 0 aliphatic heterocycles. The molecule has 0 fully saturated rings. The Labute approximate surface area is 102 Å². The Morgan fingerprint density at radius 3 is 2.59 bits per heavy atom. The Bertz CT molecular complexity index is 382. The van der Waals surface area contributed by atoms with Crippen molar-refractivity contribution in [2.75, 3.05) is 6.61 Å². The third-order valence-electron chi connectivity index (χ3n) is 2.38. The van der Waals surface area contributed by atoms with Crippen molar-refractivity contribution >= 4 is 11.5 Å². The molecule has 0 aliphatic carbocycles. The summed E-state index contributed by atoms with van der Waals surface area (Å²) in [5.74, 6) is -0.950. The number of hydrogen-bond acceptors (Lipinski definition) is 2. The maximum atomic E-state index is 11.0. The molecule has 0 bridgehead atoms. The Morgan fingerprint density at radius 2 is 2.06 bits per heavy atom. The zero-order chi connectivity index (χ0) is 12.7. The number of aliphatic carboxylic acids is 1. The fourth-order valence-electron chi connectivity index (χ4n) is 1.46. The van der Waals surface area contributed by atoms with Gasteiger partial charge in [-0.05, 0) is 30.6 Å². The van der Waals surface area contributed by atoms with Crippen molar-refractivity contribution in [1.29, 1.82) is 0 Å². The molecule has 1 atom stereocenters. The van der Waals surface area contributed by atoms with Gasteiger partial charge in [0.2, 0.25) is 0 Å². The zero-order valence-corrected chi connectivity index (χ0v) is 10.2. The lowest BCUT2D eigenvalue weighted by molar-refractivity contribution is -0.147. The Hall–Kier alpha value is -1.61. The summed E-state index contributed by atoms with van der Waals surface area (Å²) in [6.45, 7) is 4.29. The van der Waals surface area contributed by atoms with Crippen molar-refractivity contribution in [3.05, 3.63) is 42.0 Å². The van der Waals surface area contributed by atoms with Crippen molar-refractivity contribution in [2.24, 2.45) is 0 Å². The molecule has 1 unspecified atom stereocenters. The number of hydrogen-bond donors (Lipinski definition) is 1. The highest BCUT2D eigenvalue weighted by Crippen LogP contribution is 2.14. The number of ether oxygens (including phenoxy) is 1. The highest BCUT2D eigenvalue weighted by molar-refractivity contribution is 5.78. The normalized spacial score (nSPS) is 13.4. The van der Waals surface area contributed by atoms with Crippen molar-refractivity contribution in [1.82, 2.24) is 0 Å². The van der Waals surface area contributed by atoms with Crippen LogP contribution in [-0.2, 0) is 9.53 Å². The topological polar surface area (TPSA) is 46.5 Å². The first-order valence-electron chi connectivity index (χ1n) is 5.73. The molecule has 0 radical (unpaired) electrons. The molecule has 3 heteroatoms. The lowest BCUT2D eigenvalue weighted by Gasteiger charge is -2.10. The van der Waals surface area contributed by atoms with Crippen LogP contribution in [0.25, 0.3) is 5.57 Å². The van der Waals surface area contributed by atoms with Gasteiger partial charge in [0.05, 0.1) is 0 Å². The fraction of sp³-hybridized carbons (Fsp3) is 0.357. The largest absolute Gasteiger partial charge is 0.479 e. The Balaban J connectivity index is 2.79. The van der Waals surface area contributed by atoms with Crippen LogP contribution in [0, 0.1) is 0 Å². The van der Waals surface area contributed by atoms with Crippen LogP contribution in [0.1, 0.15) is 25.8 Å². The molecule has 0 saturated carbocycles. The molecule has 0 aromatic heterocycles. The number of benzene rings is 1. The number of carboxylic acid groups (broad SMARTS) is 1. The van der Waals surface area contributed by atoms with Crippen LogP contribution < -0.4 is 0 Å². The summed E-state index contributed by atoms with van der Waals surface area (Å²) in [5.41, 5.74) is 1.92. The van der Waals surface area contributed by atoms with E-state index in [0.29, 0.717) is 6.61 Å². The summed E-state index contributed by atoms with van der Waals surface area (Å²) in [4.78, 5) is 11.0. The third kappa shape index (κ3) is 4.41. The van der Waals surface area contributed by atoms with E-state index in [0.717, 1.165) is 17.6 Å². The van der Waals surface area contributed by atoms with E-state index in [4.69, 9.17) is 9.84 Å². The monoisotopic (exact) mass is 234 g/mol. The van der Waals surface area contributed by atoms with Crippen molar-refractivity contribution < 1.29 is 14.6 Å². The maximum absolute atomic E-state index is 11.0. The summed E-state index contributed by atoms with van der Waals surface area (Å²) in [6.07, 6.45) is 1.59. The fourth-order valence-corrected chi connectivity index (χ4v) is 1.46. The molecule has 1 rings (SSSR count). The van der Waals surface area contributed by atoms with Gasteiger partial charge in [-0.3, -0.25) is 0 Å². The summed E-state index contributed by atoms with van der Waals surface area (Å²) in [6, 6.07) is 9.68. The molecule has 0 heterocycles. The predicted octanol–water partition coefficient (Wildman–Crippen LogP) is 2.97. The highest BCUT2D eigenvalue weighted by Gasteiger charge is 2.14. The van der Waals surface area contributed by atoms with E-state index in [2.05, 4.69) is 0 Å². The van der Waals surface area contributed by atoms with Gasteiger partial charge in [-0.15, -0.1) is 0 Å². The van der Waals surface area contributed by atoms with Crippen LogP contribution in [0.15, 0.2) is 36.4 Å². The number of carboxylic acids is 1. The smallest absolute Gasteiger partial charge is 0.336 e. The standard InChI is InChI=1S/C14H18O3/c1-3-9-17-13(14(15)16)10-11(2)12-7-5-4-6-8-12/h4-8,10,13H,3,9H2,1-2H3,(H,15,16). The SMILES string of the molecule is CCCOC(C=C(C)c1ccccc1)C(=O)O. The van der Waals surface area contributed by atoms with Gasteiger partial charge in [-0.2, -0.15) is 0 Å².